The second kappa shape index (κ2) is 4.92. The molecule has 0 spiro atoms. The van der Waals surface area contributed by atoms with E-state index in [9.17, 15) is 36.6 Å². The second-order valence-electron chi connectivity index (χ2n) is 5.13. The van der Waals surface area contributed by atoms with Crippen LogP contribution in [0.3, 0.4) is 0 Å². The molecule has 1 aromatic rings. The van der Waals surface area contributed by atoms with Crippen LogP contribution in [0, 0.1) is 0 Å². The topological polar surface area (TPSA) is 92.5 Å². The van der Waals surface area contributed by atoms with Gasteiger partial charge in [0.2, 0.25) is 0 Å². The molecule has 1 aromatic carbocycles. The van der Waals surface area contributed by atoms with Crippen molar-refractivity contribution in [1.82, 2.24) is 0 Å². The molecule has 2 atom stereocenters. The predicted octanol–water partition coefficient (Wildman–Crippen LogP) is 2.39. The molecule has 0 aliphatic rings. The number of hydrogen-bond donors (Lipinski definition) is 4. The lowest BCUT2D eigenvalue weighted by molar-refractivity contribution is -0.260. The Bertz CT molecular complexity index is 578. The van der Waals surface area contributed by atoms with Crippen LogP contribution < -0.4 is 11.5 Å². The fourth-order valence-corrected chi connectivity index (χ4v) is 1.90. The zero-order chi connectivity index (χ0) is 17.7. The third-order valence-corrected chi connectivity index (χ3v) is 3.39. The summed E-state index contributed by atoms with van der Waals surface area (Å²) in [5.41, 5.74) is -0.326. The highest BCUT2D eigenvalue weighted by atomic mass is 19.4. The van der Waals surface area contributed by atoms with Gasteiger partial charge in [-0.25, -0.2) is 0 Å². The van der Waals surface area contributed by atoms with Gasteiger partial charge in [-0.1, -0.05) is 6.07 Å². The number of hydrogen-bond acceptors (Lipinski definition) is 4. The molecule has 0 aliphatic heterocycles. The number of rotatable bonds is 2. The van der Waals surface area contributed by atoms with Gasteiger partial charge in [0.1, 0.15) is 0 Å². The monoisotopic (exact) mass is 332 g/mol. The van der Waals surface area contributed by atoms with E-state index in [1.54, 1.807) is 0 Å². The van der Waals surface area contributed by atoms with Gasteiger partial charge >= 0.3 is 12.4 Å². The van der Waals surface area contributed by atoms with Gasteiger partial charge in [0.15, 0.2) is 11.2 Å². The van der Waals surface area contributed by atoms with Crippen LogP contribution in [-0.4, -0.2) is 22.6 Å². The van der Waals surface area contributed by atoms with Crippen molar-refractivity contribution in [2.75, 3.05) is 11.5 Å². The lowest BCUT2D eigenvalue weighted by Gasteiger charge is -2.33. The SMILES string of the molecule is CC(O)(c1ccc(N)c(C(C)(O)C(F)(F)F)c1N)C(F)(F)F. The van der Waals surface area contributed by atoms with Gasteiger partial charge in [-0.15, -0.1) is 0 Å². The molecule has 6 N–H and O–H groups in total. The van der Waals surface area contributed by atoms with Crippen molar-refractivity contribution in [2.24, 2.45) is 0 Å². The fraction of sp³-hybridized carbons (Fsp3) is 0.500. The number of anilines is 2. The molecule has 0 amide bonds. The van der Waals surface area contributed by atoms with Crippen LogP contribution in [0.1, 0.15) is 25.0 Å². The molecule has 0 fully saturated rings. The maximum atomic E-state index is 12.9. The highest BCUT2D eigenvalue weighted by Crippen LogP contribution is 2.48. The summed E-state index contributed by atoms with van der Waals surface area (Å²) in [5.74, 6) is 0. The number of alkyl halides is 6. The number of aliphatic hydroxyl groups is 2. The van der Waals surface area contributed by atoms with Crippen LogP contribution in [0.5, 0.6) is 0 Å². The summed E-state index contributed by atoms with van der Waals surface area (Å²) in [6, 6.07) is 1.37. The summed E-state index contributed by atoms with van der Waals surface area (Å²) >= 11 is 0. The van der Waals surface area contributed by atoms with E-state index in [0.29, 0.717) is 26.0 Å². The van der Waals surface area contributed by atoms with Crippen LogP contribution >= 0.6 is 0 Å². The van der Waals surface area contributed by atoms with Gasteiger partial charge in [-0.3, -0.25) is 0 Å². The van der Waals surface area contributed by atoms with Crippen molar-refractivity contribution in [3.8, 4) is 0 Å². The third kappa shape index (κ3) is 2.68. The zero-order valence-corrected chi connectivity index (χ0v) is 11.5. The first-order valence-corrected chi connectivity index (χ1v) is 5.82. The van der Waals surface area contributed by atoms with Crippen LogP contribution in [0.25, 0.3) is 0 Å². The third-order valence-electron chi connectivity index (χ3n) is 3.39. The van der Waals surface area contributed by atoms with Crippen LogP contribution in [0.15, 0.2) is 12.1 Å². The average molecular weight is 332 g/mol. The van der Waals surface area contributed by atoms with Crippen molar-refractivity contribution in [3.05, 3.63) is 23.3 Å². The first kappa shape index (κ1) is 18.4. The van der Waals surface area contributed by atoms with Crippen molar-refractivity contribution >= 4 is 11.4 Å². The van der Waals surface area contributed by atoms with Crippen molar-refractivity contribution < 1.29 is 36.6 Å². The van der Waals surface area contributed by atoms with E-state index >= 15 is 0 Å². The van der Waals surface area contributed by atoms with Crippen molar-refractivity contribution in [1.29, 1.82) is 0 Å². The van der Waals surface area contributed by atoms with Gasteiger partial charge in [-0.05, 0) is 19.9 Å². The van der Waals surface area contributed by atoms with Crippen molar-refractivity contribution in [2.45, 2.75) is 37.4 Å². The molecule has 22 heavy (non-hydrogen) atoms. The summed E-state index contributed by atoms with van der Waals surface area (Å²) in [7, 11) is 0. The average Bonchev–Trinajstić information content (AvgIpc) is 2.24. The molecule has 0 aromatic heterocycles. The Hall–Kier alpha value is -1.68. The lowest BCUT2D eigenvalue weighted by atomic mass is 9.85. The molecule has 4 nitrogen and oxygen atoms in total. The zero-order valence-electron chi connectivity index (χ0n) is 11.5. The molecule has 0 saturated carbocycles. The molecule has 0 aliphatic carbocycles. The highest BCUT2D eigenvalue weighted by molar-refractivity contribution is 5.69. The fourth-order valence-electron chi connectivity index (χ4n) is 1.90. The normalized spacial score (nSPS) is 18.6. The maximum Gasteiger partial charge on any atom is 0.421 e. The predicted molar refractivity (Wildman–Crippen MR) is 66.5 cm³/mol. The van der Waals surface area contributed by atoms with Gasteiger partial charge in [0.05, 0.1) is 0 Å². The van der Waals surface area contributed by atoms with Gasteiger partial charge in [0.25, 0.3) is 0 Å². The summed E-state index contributed by atoms with van der Waals surface area (Å²) in [4.78, 5) is 0. The summed E-state index contributed by atoms with van der Waals surface area (Å²) < 4.78 is 77.2. The molecule has 2 unspecified atom stereocenters. The molecule has 126 valence electrons. The number of nitrogens with two attached hydrogens (primary N) is 2. The number of halogens is 6. The van der Waals surface area contributed by atoms with Gasteiger partial charge < -0.3 is 21.7 Å². The van der Waals surface area contributed by atoms with E-state index in [-0.39, 0.29) is 0 Å². The minimum atomic E-state index is -5.24. The molecule has 0 bridgehead atoms. The Balaban J connectivity index is 3.70. The molecule has 1 rings (SSSR count). The minimum Gasteiger partial charge on any atom is -0.398 e. The van der Waals surface area contributed by atoms with Crippen LogP contribution in [0.4, 0.5) is 37.7 Å². The smallest absolute Gasteiger partial charge is 0.398 e. The second-order valence-corrected chi connectivity index (χ2v) is 5.13. The maximum absolute atomic E-state index is 12.9. The van der Waals surface area contributed by atoms with E-state index in [4.69, 9.17) is 11.5 Å². The molecular formula is C12H14F6N2O2. The first-order valence-electron chi connectivity index (χ1n) is 5.82. The molecule has 0 radical (unpaired) electrons. The minimum absolute atomic E-state index is 0.307. The summed E-state index contributed by atoms with van der Waals surface area (Å²) in [5, 5.41) is 19.2. The quantitative estimate of drug-likeness (QED) is 0.494. The number of benzene rings is 1. The highest BCUT2D eigenvalue weighted by Gasteiger charge is 2.56. The first-order chi connectivity index (χ1) is 9.55. The standard InChI is InChI=1S/C12H14F6N2O2/c1-9(21,11(13,14)15)5-3-4-6(19)7(8(5)20)10(2,22)12(16,17)18/h3-4,21-22H,19-20H2,1-2H3. The van der Waals surface area contributed by atoms with Gasteiger partial charge in [0, 0.05) is 22.5 Å². The van der Waals surface area contributed by atoms with E-state index in [1.807, 2.05) is 0 Å². The molecular weight excluding hydrogens is 318 g/mol. The Morgan fingerprint density at radius 1 is 0.818 bits per heavy atom. The Kier molecular flexibility index (Phi) is 4.10. The molecule has 0 heterocycles. The Morgan fingerprint density at radius 2 is 1.23 bits per heavy atom. The van der Waals surface area contributed by atoms with Crippen LogP contribution in [0.2, 0.25) is 0 Å². The van der Waals surface area contributed by atoms with E-state index in [2.05, 4.69) is 0 Å². The largest absolute Gasteiger partial charge is 0.421 e. The number of nitrogen functional groups attached to an aromatic ring is 2. The van der Waals surface area contributed by atoms with Gasteiger partial charge in [-0.2, -0.15) is 26.3 Å². The Labute approximate surface area is 121 Å². The van der Waals surface area contributed by atoms with E-state index in [1.165, 1.54) is 0 Å². The molecule has 0 saturated heterocycles. The summed E-state index contributed by atoms with van der Waals surface area (Å²) in [6.07, 6.45) is -10.4. The van der Waals surface area contributed by atoms with E-state index < -0.39 is 46.1 Å². The molecule has 10 heteroatoms. The van der Waals surface area contributed by atoms with Crippen LogP contribution in [-0.2, 0) is 11.2 Å². The van der Waals surface area contributed by atoms with E-state index in [0.717, 1.165) is 0 Å². The van der Waals surface area contributed by atoms with Crippen molar-refractivity contribution in [3.63, 3.8) is 0 Å². The lowest BCUT2D eigenvalue weighted by Crippen LogP contribution is -2.43. The Morgan fingerprint density at radius 3 is 1.59 bits per heavy atom. The summed E-state index contributed by atoms with van der Waals surface area (Å²) in [6.45, 7) is 0.641.